The minimum Gasteiger partial charge on any atom is -0.388 e. The monoisotopic (exact) mass is 302 g/mol. The van der Waals surface area contributed by atoms with E-state index in [1.807, 2.05) is 62.5 Å². The van der Waals surface area contributed by atoms with Gasteiger partial charge in [-0.25, -0.2) is 0 Å². The van der Waals surface area contributed by atoms with E-state index in [9.17, 15) is 4.79 Å². The van der Waals surface area contributed by atoms with E-state index in [2.05, 4.69) is 5.32 Å². The van der Waals surface area contributed by atoms with Crippen LogP contribution in [0.5, 0.6) is 0 Å². The summed E-state index contributed by atoms with van der Waals surface area (Å²) in [5.41, 5.74) is 2.67. The average molecular weight is 303 g/mol. The highest BCUT2D eigenvalue weighted by Crippen LogP contribution is 2.23. The number of benzene rings is 2. The van der Waals surface area contributed by atoms with Crippen LogP contribution in [-0.2, 0) is 0 Å². The third-order valence-corrected chi connectivity index (χ3v) is 3.89. The molecule has 0 saturated heterocycles. The Hall–Kier alpha value is -2.00. The van der Waals surface area contributed by atoms with Crippen molar-refractivity contribution in [3.05, 3.63) is 64.7 Å². The van der Waals surface area contributed by atoms with Crippen LogP contribution in [0.25, 0.3) is 0 Å². The third-order valence-electron chi connectivity index (χ3n) is 3.65. The topological polar surface area (TPSA) is 32.3 Å². The van der Waals surface area contributed by atoms with Crippen molar-refractivity contribution < 1.29 is 4.79 Å². The van der Waals surface area contributed by atoms with Crippen LogP contribution < -0.4 is 5.32 Å². The number of nitrogens with zero attached hydrogens (tertiary/aromatic N) is 1. The zero-order valence-corrected chi connectivity index (χ0v) is 13.2. The first-order valence-corrected chi connectivity index (χ1v) is 7.21. The Kier molecular flexibility index (Phi) is 4.86. The molecule has 1 amide bonds. The van der Waals surface area contributed by atoms with Gasteiger partial charge in [0, 0.05) is 30.4 Å². The van der Waals surface area contributed by atoms with Crippen molar-refractivity contribution in [2.75, 3.05) is 19.4 Å². The van der Waals surface area contributed by atoms with Gasteiger partial charge in [0.15, 0.2) is 0 Å². The summed E-state index contributed by atoms with van der Waals surface area (Å²) >= 11 is 6.01. The Bertz CT molecular complexity index is 625. The van der Waals surface area contributed by atoms with Gasteiger partial charge in [-0.2, -0.15) is 0 Å². The van der Waals surface area contributed by atoms with Crippen LogP contribution in [0.4, 0.5) is 5.69 Å². The first kappa shape index (κ1) is 15.4. The Morgan fingerprint density at radius 3 is 2.43 bits per heavy atom. The molecule has 21 heavy (non-hydrogen) atoms. The van der Waals surface area contributed by atoms with Crippen LogP contribution in [0.2, 0.25) is 5.02 Å². The van der Waals surface area contributed by atoms with Crippen molar-refractivity contribution in [3.8, 4) is 0 Å². The van der Waals surface area contributed by atoms with E-state index < -0.39 is 0 Å². The fourth-order valence-corrected chi connectivity index (χ4v) is 2.35. The number of anilines is 1. The molecule has 0 aliphatic heterocycles. The van der Waals surface area contributed by atoms with Gasteiger partial charge in [0.1, 0.15) is 0 Å². The highest BCUT2D eigenvalue weighted by molar-refractivity contribution is 6.30. The van der Waals surface area contributed by atoms with Crippen LogP contribution in [-0.4, -0.2) is 24.9 Å². The van der Waals surface area contributed by atoms with Gasteiger partial charge in [-0.3, -0.25) is 4.79 Å². The molecule has 0 fully saturated rings. The minimum atomic E-state index is -0.0415. The summed E-state index contributed by atoms with van der Waals surface area (Å²) in [5, 5.41) is 3.72. The Balaban J connectivity index is 2.17. The number of hydrogen-bond acceptors (Lipinski definition) is 2. The van der Waals surface area contributed by atoms with E-state index in [0.29, 0.717) is 10.6 Å². The van der Waals surface area contributed by atoms with Gasteiger partial charge in [-0.05, 0) is 48.9 Å². The molecule has 4 heteroatoms. The molecule has 1 unspecified atom stereocenters. The second kappa shape index (κ2) is 6.64. The predicted octanol–water partition coefficient (Wildman–Crippen LogP) is 4.21. The molecule has 3 nitrogen and oxygen atoms in total. The molecular formula is C17H19ClN2O. The molecule has 2 aromatic carbocycles. The number of carbonyl (C=O) groups is 1. The molecule has 0 aliphatic carbocycles. The molecular weight excluding hydrogens is 284 g/mol. The van der Waals surface area contributed by atoms with E-state index in [0.717, 1.165) is 11.3 Å². The lowest BCUT2D eigenvalue weighted by atomic mass is 10.1. The van der Waals surface area contributed by atoms with Crippen molar-refractivity contribution in [3.63, 3.8) is 0 Å². The Labute approximate surface area is 130 Å². The summed E-state index contributed by atoms with van der Waals surface area (Å²) in [6.07, 6.45) is 0. The summed E-state index contributed by atoms with van der Waals surface area (Å²) in [7, 11) is 3.66. The first-order valence-electron chi connectivity index (χ1n) is 6.83. The maximum Gasteiger partial charge on any atom is 0.254 e. The maximum absolute atomic E-state index is 12.5. The second-order valence-corrected chi connectivity index (χ2v) is 5.41. The van der Waals surface area contributed by atoms with Gasteiger partial charge in [0.05, 0.1) is 6.04 Å². The zero-order valence-electron chi connectivity index (χ0n) is 12.4. The number of halogens is 1. The van der Waals surface area contributed by atoms with Crippen LogP contribution in [0.15, 0.2) is 48.5 Å². The van der Waals surface area contributed by atoms with E-state index in [4.69, 9.17) is 11.6 Å². The molecule has 1 atom stereocenters. The Morgan fingerprint density at radius 2 is 1.86 bits per heavy atom. The third kappa shape index (κ3) is 3.56. The summed E-state index contributed by atoms with van der Waals surface area (Å²) in [5.74, 6) is -0.00914. The van der Waals surface area contributed by atoms with E-state index in [1.54, 1.807) is 11.9 Å². The molecule has 110 valence electrons. The van der Waals surface area contributed by atoms with Gasteiger partial charge in [-0.15, -0.1) is 0 Å². The lowest BCUT2D eigenvalue weighted by Crippen LogP contribution is -2.29. The zero-order chi connectivity index (χ0) is 15.4. The number of amides is 1. The molecule has 1 N–H and O–H groups in total. The van der Waals surface area contributed by atoms with Crippen LogP contribution >= 0.6 is 11.6 Å². The molecule has 2 rings (SSSR count). The van der Waals surface area contributed by atoms with Crippen molar-refractivity contribution in [2.24, 2.45) is 0 Å². The number of rotatable bonds is 4. The van der Waals surface area contributed by atoms with Crippen molar-refractivity contribution >= 4 is 23.2 Å². The van der Waals surface area contributed by atoms with Crippen LogP contribution in [0.1, 0.15) is 28.9 Å². The molecule has 0 bridgehead atoms. The fourth-order valence-electron chi connectivity index (χ4n) is 2.15. The molecule has 0 saturated carbocycles. The van der Waals surface area contributed by atoms with Gasteiger partial charge in [-0.1, -0.05) is 23.7 Å². The quantitative estimate of drug-likeness (QED) is 0.917. The first-order chi connectivity index (χ1) is 10.0. The average Bonchev–Trinajstić information content (AvgIpc) is 2.53. The van der Waals surface area contributed by atoms with Gasteiger partial charge < -0.3 is 10.2 Å². The normalized spacial score (nSPS) is 11.8. The number of carbonyl (C=O) groups excluding carboxylic acids is 1. The highest BCUT2D eigenvalue weighted by atomic mass is 35.5. The van der Waals surface area contributed by atoms with E-state index in [1.165, 1.54) is 0 Å². The summed E-state index contributed by atoms with van der Waals surface area (Å²) in [6, 6.07) is 15.0. The van der Waals surface area contributed by atoms with Gasteiger partial charge in [0.25, 0.3) is 5.91 Å². The maximum atomic E-state index is 12.5. The standard InChI is InChI=1S/C17H19ClN2O/c1-12(14-5-4-6-15(18)11-14)20(3)17(21)13-7-9-16(19-2)10-8-13/h4-12,19H,1-3H3. The predicted molar refractivity (Wildman–Crippen MR) is 87.9 cm³/mol. The molecule has 0 heterocycles. The highest BCUT2D eigenvalue weighted by Gasteiger charge is 2.18. The van der Waals surface area contributed by atoms with E-state index in [-0.39, 0.29) is 11.9 Å². The Morgan fingerprint density at radius 1 is 1.19 bits per heavy atom. The molecule has 2 aromatic rings. The SMILES string of the molecule is CNc1ccc(C(=O)N(C)C(C)c2cccc(Cl)c2)cc1. The van der Waals surface area contributed by atoms with Crippen LogP contribution in [0, 0.1) is 0 Å². The fraction of sp³-hybridized carbons (Fsp3) is 0.235. The lowest BCUT2D eigenvalue weighted by molar-refractivity contribution is 0.0742. The largest absolute Gasteiger partial charge is 0.388 e. The van der Waals surface area contributed by atoms with Crippen LogP contribution in [0.3, 0.4) is 0 Å². The molecule has 0 aliphatic rings. The van der Waals surface area contributed by atoms with Crippen molar-refractivity contribution in [2.45, 2.75) is 13.0 Å². The van der Waals surface area contributed by atoms with Gasteiger partial charge >= 0.3 is 0 Å². The van der Waals surface area contributed by atoms with Gasteiger partial charge in [0.2, 0.25) is 0 Å². The summed E-state index contributed by atoms with van der Waals surface area (Å²) < 4.78 is 0. The van der Waals surface area contributed by atoms with Crippen molar-refractivity contribution in [1.82, 2.24) is 4.90 Å². The minimum absolute atomic E-state index is 0.00914. The molecule has 0 radical (unpaired) electrons. The smallest absolute Gasteiger partial charge is 0.254 e. The lowest BCUT2D eigenvalue weighted by Gasteiger charge is -2.25. The number of hydrogen-bond donors (Lipinski definition) is 1. The van der Waals surface area contributed by atoms with E-state index >= 15 is 0 Å². The summed E-state index contributed by atoms with van der Waals surface area (Å²) in [6.45, 7) is 1.99. The van der Waals surface area contributed by atoms with Crippen molar-refractivity contribution in [1.29, 1.82) is 0 Å². The molecule has 0 aromatic heterocycles. The second-order valence-electron chi connectivity index (χ2n) is 4.97. The number of nitrogens with one attached hydrogen (secondary N) is 1. The summed E-state index contributed by atoms with van der Waals surface area (Å²) in [4.78, 5) is 14.2. The molecule has 0 spiro atoms.